The Kier molecular flexibility index (Phi) is 6.94. The van der Waals surface area contributed by atoms with Gasteiger partial charge in [0.25, 0.3) is 5.91 Å². The van der Waals surface area contributed by atoms with Crippen LogP contribution in [0.1, 0.15) is 13.3 Å². The lowest BCUT2D eigenvalue weighted by Gasteiger charge is -2.29. The van der Waals surface area contributed by atoms with Crippen LogP contribution in [0.3, 0.4) is 0 Å². The summed E-state index contributed by atoms with van der Waals surface area (Å²) in [5.41, 5.74) is -1.00. The van der Waals surface area contributed by atoms with Gasteiger partial charge in [-0.05, 0) is 40.5 Å². The van der Waals surface area contributed by atoms with Crippen molar-refractivity contribution in [3.63, 3.8) is 0 Å². The summed E-state index contributed by atoms with van der Waals surface area (Å²) < 4.78 is 7.01. The second-order valence-electron chi connectivity index (χ2n) is 4.36. The first-order valence-corrected chi connectivity index (χ1v) is 7.65. The van der Waals surface area contributed by atoms with Crippen LogP contribution >= 0.6 is 31.9 Å². The molecule has 0 atom stereocenters. The van der Waals surface area contributed by atoms with Gasteiger partial charge in [0.1, 0.15) is 5.75 Å². The number of hydrogen-bond acceptors (Lipinski definition) is 4. The summed E-state index contributed by atoms with van der Waals surface area (Å²) in [6, 6.07) is 5.34. The molecule has 0 aromatic heterocycles. The zero-order valence-electron chi connectivity index (χ0n) is 11.0. The van der Waals surface area contributed by atoms with Crippen LogP contribution in [0.4, 0.5) is 0 Å². The summed E-state index contributed by atoms with van der Waals surface area (Å²) >= 11 is 6.66. The Hall–Kier alpha value is -0.630. The van der Waals surface area contributed by atoms with Crippen LogP contribution in [-0.2, 0) is 4.79 Å². The third-order valence-corrected chi connectivity index (χ3v) is 4.05. The van der Waals surface area contributed by atoms with Crippen LogP contribution in [0.5, 0.6) is 5.75 Å². The number of carbonyl (C=O) groups is 1. The van der Waals surface area contributed by atoms with Crippen molar-refractivity contribution in [2.75, 3.05) is 19.8 Å². The maximum Gasteiger partial charge on any atom is 0.258 e. The van der Waals surface area contributed by atoms with Crippen LogP contribution < -0.4 is 10.1 Å². The van der Waals surface area contributed by atoms with Crippen LogP contribution in [-0.4, -0.2) is 41.5 Å². The number of amides is 1. The Balaban J connectivity index is 2.59. The van der Waals surface area contributed by atoms with Gasteiger partial charge >= 0.3 is 0 Å². The molecule has 0 aliphatic carbocycles. The normalized spacial score (nSPS) is 11.2. The highest BCUT2D eigenvalue weighted by Crippen LogP contribution is 2.28. The molecule has 5 nitrogen and oxygen atoms in total. The zero-order chi connectivity index (χ0) is 15.2. The van der Waals surface area contributed by atoms with Crippen LogP contribution in [0.2, 0.25) is 0 Å². The van der Waals surface area contributed by atoms with Crippen molar-refractivity contribution >= 4 is 37.8 Å². The van der Waals surface area contributed by atoms with Gasteiger partial charge in [-0.25, -0.2) is 0 Å². The molecule has 3 N–H and O–H groups in total. The van der Waals surface area contributed by atoms with Crippen molar-refractivity contribution in [2.45, 2.75) is 18.9 Å². The highest BCUT2D eigenvalue weighted by Gasteiger charge is 2.28. The van der Waals surface area contributed by atoms with Gasteiger partial charge in [-0.1, -0.05) is 22.9 Å². The third kappa shape index (κ3) is 4.73. The van der Waals surface area contributed by atoms with Crippen LogP contribution in [0, 0.1) is 0 Å². The van der Waals surface area contributed by atoms with E-state index >= 15 is 0 Å². The molecule has 0 fully saturated rings. The number of hydrogen-bond donors (Lipinski definition) is 3. The predicted molar refractivity (Wildman–Crippen MR) is 82.7 cm³/mol. The summed E-state index contributed by atoms with van der Waals surface area (Å²) in [5.74, 6) is 0.142. The van der Waals surface area contributed by atoms with E-state index in [-0.39, 0.29) is 19.8 Å². The summed E-state index contributed by atoms with van der Waals surface area (Å²) in [4.78, 5) is 11.8. The quantitative estimate of drug-likeness (QED) is 0.640. The third-order valence-electron chi connectivity index (χ3n) is 2.94. The van der Waals surface area contributed by atoms with E-state index in [1.807, 2.05) is 6.07 Å². The Labute approximate surface area is 134 Å². The van der Waals surface area contributed by atoms with E-state index in [0.29, 0.717) is 12.2 Å². The SMILES string of the molecule is CCC(CO)(CO)NC(=O)COc1ccc(Br)cc1Br. The first-order valence-electron chi connectivity index (χ1n) is 6.07. The topological polar surface area (TPSA) is 78.8 Å². The average Bonchev–Trinajstić information content (AvgIpc) is 2.44. The molecule has 112 valence electrons. The maximum absolute atomic E-state index is 11.8. The Morgan fingerprint density at radius 3 is 2.50 bits per heavy atom. The summed E-state index contributed by atoms with van der Waals surface area (Å²) in [7, 11) is 0. The zero-order valence-corrected chi connectivity index (χ0v) is 14.2. The lowest BCUT2D eigenvalue weighted by molar-refractivity contribution is -0.126. The average molecular weight is 411 g/mol. The molecule has 0 saturated heterocycles. The van der Waals surface area contributed by atoms with Crippen molar-refractivity contribution in [1.82, 2.24) is 5.32 Å². The molecule has 0 unspecified atom stereocenters. The van der Waals surface area contributed by atoms with E-state index in [1.165, 1.54) is 0 Å². The lowest BCUT2D eigenvalue weighted by Crippen LogP contribution is -2.55. The molecule has 20 heavy (non-hydrogen) atoms. The predicted octanol–water partition coefficient (Wildman–Crippen LogP) is 1.84. The molecule has 1 rings (SSSR count). The maximum atomic E-state index is 11.8. The van der Waals surface area contributed by atoms with Gasteiger partial charge in [0, 0.05) is 4.47 Å². The summed E-state index contributed by atoms with van der Waals surface area (Å²) in [6.45, 7) is 0.933. The largest absolute Gasteiger partial charge is 0.483 e. The van der Waals surface area contributed by atoms with Crippen molar-refractivity contribution in [1.29, 1.82) is 0 Å². The van der Waals surface area contributed by atoms with Crippen molar-refractivity contribution in [3.05, 3.63) is 27.1 Å². The fourth-order valence-corrected chi connectivity index (χ4v) is 2.67. The van der Waals surface area contributed by atoms with Gasteiger partial charge in [-0.3, -0.25) is 4.79 Å². The number of rotatable bonds is 7. The molecule has 1 aromatic carbocycles. The van der Waals surface area contributed by atoms with Gasteiger partial charge < -0.3 is 20.3 Å². The molecule has 1 aromatic rings. The standard InChI is InChI=1S/C13H17Br2NO4/c1-2-13(7-17,8-18)16-12(19)6-20-11-4-3-9(14)5-10(11)15/h3-5,17-18H,2,6-8H2,1H3,(H,16,19). The number of halogens is 2. The molecule has 7 heteroatoms. The molecule has 0 saturated carbocycles. The minimum absolute atomic E-state index is 0.192. The summed E-state index contributed by atoms with van der Waals surface area (Å²) in [6.07, 6.45) is 0.424. The van der Waals surface area contributed by atoms with E-state index in [2.05, 4.69) is 37.2 Å². The van der Waals surface area contributed by atoms with Crippen molar-refractivity contribution in [2.24, 2.45) is 0 Å². The van der Waals surface area contributed by atoms with Crippen LogP contribution in [0.25, 0.3) is 0 Å². The molecular weight excluding hydrogens is 394 g/mol. The van der Waals surface area contributed by atoms with Gasteiger partial charge in [0.2, 0.25) is 0 Å². The van der Waals surface area contributed by atoms with E-state index < -0.39 is 11.4 Å². The minimum atomic E-state index is -1.00. The molecule has 1 amide bonds. The van der Waals surface area contributed by atoms with Gasteiger partial charge in [0.05, 0.1) is 23.2 Å². The number of carbonyl (C=O) groups excluding carboxylic acids is 1. The van der Waals surface area contributed by atoms with Gasteiger partial charge in [-0.15, -0.1) is 0 Å². The molecule has 0 heterocycles. The number of ether oxygens (including phenoxy) is 1. The molecule has 0 aliphatic heterocycles. The Morgan fingerprint density at radius 1 is 1.35 bits per heavy atom. The second kappa shape index (κ2) is 7.97. The molecular formula is C13H17Br2NO4. The minimum Gasteiger partial charge on any atom is -0.483 e. The van der Waals surface area contributed by atoms with E-state index in [1.54, 1.807) is 19.1 Å². The molecule has 0 radical (unpaired) electrons. The number of aliphatic hydroxyl groups is 2. The van der Waals surface area contributed by atoms with Crippen LogP contribution in [0.15, 0.2) is 27.1 Å². The van der Waals surface area contributed by atoms with E-state index in [9.17, 15) is 15.0 Å². The molecule has 0 spiro atoms. The van der Waals surface area contributed by atoms with Gasteiger partial charge in [0.15, 0.2) is 6.61 Å². The highest BCUT2D eigenvalue weighted by atomic mass is 79.9. The smallest absolute Gasteiger partial charge is 0.258 e. The van der Waals surface area contributed by atoms with Crippen molar-refractivity contribution in [3.8, 4) is 5.75 Å². The number of aliphatic hydroxyl groups excluding tert-OH is 2. The Bertz CT molecular complexity index is 455. The van der Waals surface area contributed by atoms with Crippen molar-refractivity contribution < 1.29 is 19.7 Å². The number of benzene rings is 1. The Morgan fingerprint density at radius 2 is 2.00 bits per heavy atom. The highest BCUT2D eigenvalue weighted by molar-refractivity contribution is 9.11. The first kappa shape index (κ1) is 17.4. The number of nitrogens with one attached hydrogen (secondary N) is 1. The molecule has 0 aliphatic rings. The fraction of sp³-hybridized carbons (Fsp3) is 0.462. The summed E-state index contributed by atoms with van der Waals surface area (Å²) in [5, 5.41) is 21.1. The molecule has 0 bridgehead atoms. The second-order valence-corrected chi connectivity index (χ2v) is 6.13. The lowest BCUT2D eigenvalue weighted by atomic mass is 9.98. The fourth-order valence-electron chi connectivity index (χ4n) is 1.51. The van der Waals surface area contributed by atoms with E-state index in [4.69, 9.17) is 4.74 Å². The van der Waals surface area contributed by atoms with E-state index in [0.717, 1.165) is 8.95 Å². The first-order chi connectivity index (χ1) is 9.46. The monoisotopic (exact) mass is 409 g/mol. The van der Waals surface area contributed by atoms with Gasteiger partial charge in [-0.2, -0.15) is 0 Å².